The molecule has 0 unspecified atom stereocenters. The van der Waals surface area contributed by atoms with E-state index >= 15 is 0 Å². The van der Waals surface area contributed by atoms with Crippen LogP contribution in [0.4, 0.5) is 0 Å². The molecule has 1 aromatic rings. The van der Waals surface area contributed by atoms with Gasteiger partial charge in [-0.25, -0.2) is 0 Å². The fraction of sp³-hybridized carbons (Fsp3) is 0.500. The smallest absolute Gasteiger partial charge is 0.308 e. The van der Waals surface area contributed by atoms with Gasteiger partial charge in [0.15, 0.2) is 0 Å². The number of hydrogen-bond acceptors (Lipinski definition) is 2. The highest BCUT2D eigenvalue weighted by molar-refractivity contribution is 5.84. The molecular formula is C16H21NO3. The van der Waals surface area contributed by atoms with Crippen molar-refractivity contribution in [3.63, 3.8) is 0 Å². The van der Waals surface area contributed by atoms with E-state index in [4.69, 9.17) is 5.11 Å². The van der Waals surface area contributed by atoms with Gasteiger partial charge in [0.05, 0.1) is 11.8 Å². The Bertz CT molecular complexity index is 472. The summed E-state index contributed by atoms with van der Waals surface area (Å²) in [5.41, 5.74) is 1.01. The van der Waals surface area contributed by atoms with Crippen LogP contribution in [0.3, 0.4) is 0 Å². The summed E-state index contributed by atoms with van der Waals surface area (Å²) in [5, 5.41) is 9.11. The van der Waals surface area contributed by atoms with Gasteiger partial charge in [-0.3, -0.25) is 9.59 Å². The molecule has 1 aromatic carbocycles. The molecule has 0 aromatic heterocycles. The van der Waals surface area contributed by atoms with E-state index in [0.29, 0.717) is 19.5 Å². The fourth-order valence-electron chi connectivity index (χ4n) is 2.84. The summed E-state index contributed by atoms with van der Waals surface area (Å²) in [6.45, 7) is 3.01. The van der Waals surface area contributed by atoms with Gasteiger partial charge in [0, 0.05) is 13.1 Å². The first-order chi connectivity index (χ1) is 9.63. The van der Waals surface area contributed by atoms with Gasteiger partial charge in [-0.05, 0) is 24.8 Å². The van der Waals surface area contributed by atoms with E-state index in [0.717, 1.165) is 18.4 Å². The molecule has 1 saturated heterocycles. The van der Waals surface area contributed by atoms with Crippen molar-refractivity contribution in [3.05, 3.63) is 35.9 Å². The summed E-state index contributed by atoms with van der Waals surface area (Å²) < 4.78 is 0. The number of carboxylic acids is 1. The summed E-state index contributed by atoms with van der Waals surface area (Å²) in [4.78, 5) is 25.5. The standard InChI is InChI=1S/C16H21NO3/c1-2-14(12-7-4-3-5-8-12)15(18)17-10-6-9-13(11-17)16(19)20/h3-5,7-8,13-14H,2,6,9-11H2,1H3,(H,19,20)/t13-,14+/m1/s1. The van der Waals surface area contributed by atoms with Crippen LogP contribution in [0.1, 0.15) is 37.7 Å². The van der Waals surface area contributed by atoms with Crippen molar-refractivity contribution >= 4 is 11.9 Å². The lowest BCUT2D eigenvalue weighted by Gasteiger charge is -2.33. The number of aliphatic carboxylic acids is 1. The zero-order valence-electron chi connectivity index (χ0n) is 11.8. The zero-order chi connectivity index (χ0) is 14.5. The van der Waals surface area contributed by atoms with E-state index in [1.54, 1.807) is 4.90 Å². The average molecular weight is 275 g/mol. The maximum Gasteiger partial charge on any atom is 0.308 e. The molecule has 1 heterocycles. The molecule has 1 N–H and O–H groups in total. The Morgan fingerprint density at radius 2 is 2.05 bits per heavy atom. The Morgan fingerprint density at radius 3 is 2.65 bits per heavy atom. The third kappa shape index (κ3) is 3.18. The molecule has 0 aliphatic carbocycles. The largest absolute Gasteiger partial charge is 0.481 e. The Kier molecular flexibility index (Phi) is 4.77. The van der Waals surface area contributed by atoms with Gasteiger partial charge in [-0.15, -0.1) is 0 Å². The van der Waals surface area contributed by atoms with Gasteiger partial charge < -0.3 is 10.0 Å². The van der Waals surface area contributed by atoms with Crippen LogP contribution < -0.4 is 0 Å². The fourth-order valence-corrected chi connectivity index (χ4v) is 2.84. The van der Waals surface area contributed by atoms with Crippen molar-refractivity contribution in [3.8, 4) is 0 Å². The SMILES string of the molecule is CC[C@H](C(=O)N1CCC[C@@H](C(=O)O)C1)c1ccccc1. The second-order valence-electron chi connectivity index (χ2n) is 5.33. The normalized spacial score (nSPS) is 20.4. The second-order valence-corrected chi connectivity index (χ2v) is 5.33. The van der Waals surface area contributed by atoms with E-state index in [-0.39, 0.29) is 11.8 Å². The first-order valence-electron chi connectivity index (χ1n) is 7.20. The molecule has 1 amide bonds. The zero-order valence-corrected chi connectivity index (χ0v) is 11.8. The Labute approximate surface area is 119 Å². The van der Waals surface area contributed by atoms with Crippen LogP contribution in [0.15, 0.2) is 30.3 Å². The number of likely N-dealkylation sites (tertiary alicyclic amines) is 1. The van der Waals surface area contributed by atoms with Crippen molar-refractivity contribution < 1.29 is 14.7 Å². The van der Waals surface area contributed by atoms with Crippen molar-refractivity contribution in [2.24, 2.45) is 5.92 Å². The lowest BCUT2D eigenvalue weighted by Crippen LogP contribution is -2.44. The van der Waals surface area contributed by atoms with Crippen LogP contribution in [0.5, 0.6) is 0 Å². The molecule has 0 radical (unpaired) electrons. The van der Waals surface area contributed by atoms with Gasteiger partial charge in [0.25, 0.3) is 0 Å². The third-order valence-electron chi connectivity index (χ3n) is 3.99. The minimum absolute atomic E-state index is 0.0599. The number of carbonyl (C=O) groups is 2. The third-order valence-corrected chi connectivity index (χ3v) is 3.99. The highest BCUT2D eigenvalue weighted by Gasteiger charge is 2.31. The molecule has 2 rings (SSSR count). The topological polar surface area (TPSA) is 57.6 Å². The minimum atomic E-state index is -0.796. The predicted octanol–water partition coefficient (Wildman–Crippen LogP) is 2.50. The van der Waals surface area contributed by atoms with Gasteiger partial charge in [0.1, 0.15) is 0 Å². The molecule has 4 nitrogen and oxygen atoms in total. The number of hydrogen-bond donors (Lipinski definition) is 1. The summed E-state index contributed by atoms with van der Waals surface area (Å²) in [5.74, 6) is -1.32. The minimum Gasteiger partial charge on any atom is -0.481 e. The lowest BCUT2D eigenvalue weighted by molar-refractivity contribution is -0.146. The maximum atomic E-state index is 12.6. The van der Waals surface area contributed by atoms with Crippen LogP contribution in [0.2, 0.25) is 0 Å². The number of piperidine rings is 1. The van der Waals surface area contributed by atoms with Crippen molar-refractivity contribution in [2.75, 3.05) is 13.1 Å². The molecule has 1 aliphatic rings. The Morgan fingerprint density at radius 1 is 1.35 bits per heavy atom. The number of benzene rings is 1. The van der Waals surface area contributed by atoms with E-state index < -0.39 is 11.9 Å². The van der Waals surface area contributed by atoms with E-state index in [1.165, 1.54) is 0 Å². The van der Waals surface area contributed by atoms with Crippen LogP contribution in [-0.2, 0) is 9.59 Å². The van der Waals surface area contributed by atoms with Crippen molar-refractivity contribution in [2.45, 2.75) is 32.1 Å². The van der Waals surface area contributed by atoms with Crippen LogP contribution in [0, 0.1) is 5.92 Å². The number of carboxylic acid groups (broad SMARTS) is 1. The highest BCUT2D eigenvalue weighted by atomic mass is 16.4. The highest BCUT2D eigenvalue weighted by Crippen LogP contribution is 2.25. The number of amides is 1. The molecule has 1 fully saturated rings. The summed E-state index contributed by atoms with van der Waals surface area (Å²) >= 11 is 0. The van der Waals surface area contributed by atoms with Crippen LogP contribution in [-0.4, -0.2) is 35.0 Å². The quantitative estimate of drug-likeness (QED) is 0.918. The van der Waals surface area contributed by atoms with Gasteiger partial charge >= 0.3 is 5.97 Å². The molecule has 108 valence electrons. The predicted molar refractivity (Wildman–Crippen MR) is 76.4 cm³/mol. The lowest BCUT2D eigenvalue weighted by atomic mass is 9.92. The molecule has 4 heteroatoms. The molecule has 2 atom stereocenters. The summed E-state index contributed by atoms with van der Waals surface area (Å²) in [7, 11) is 0. The van der Waals surface area contributed by atoms with Crippen molar-refractivity contribution in [1.29, 1.82) is 0 Å². The van der Waals surface area contributed by atoms with Crippen LogP contribution in [0.25, 0.3) is 0 Å². The number of carbonyl (C=O) groups excluding carboxylic acids is 1. The first kappa shape index (κ1) is 14.6. The van der Waals surface area contributed by atoms with E-state index in [9.17, 15) is 9.59 Å². The monoisotopic (exact) mass is 275 g/mol. The number of rotatable bonds is 4. The van der Waals surface area contributed by atoms with Gasteiger partial charge in [-0.1, -0.05) is 37.3 Å². The van der Waals surface area contributed by atoms with Gasteiger partial charge in [0.2, 0.25) is 5.91 Å². The summed E-state index contributed by atoms with van der Waals surface area (Å²) in [6.07, 6.45) is 2.17. The second kappa shape index (κ2) is 6.55. The van der Waals surface area contributed by atoms with E-state index in [1.807, 2.05) is 37.3 Å². The average Bonchev–Trinajstić information content (AvgIpc) is 2.49. The van der Waals surface area contributed by atoms with E-state index in [2.05, 4.69) is 0 Å². The molecule has 0 saturated carbocycles. The molecular weight excluding hydrogens is 254 g/mol. The maximum absolute atomic E-state index is 12.6. The summed E-state index contributed by atoms with van der Waals surface area (Å²) in [6, 6.07) is 9.72. The molecule has 20 heavy (non-hydrogen) atoms. The van der Waals surface area contributed by atoms with Gasteiger partial charge in [-0.2, -0.15) is 0 Å². The molecule has 0 bridgehead atoms. The Balaban J connectivity index is 2.11. The van der Waals surface area contributed by atoms with Crippen LogP contribution >= 0.6 is 0 Å². The first-order valence-corrected chi connectivity index (χ1v) is 7.20. The van der Waals surface area contributed by atoms with Crippen molar-refractivity contribution in [1.82, 2.24) is 4.90 Å². The molecule has 1 aliphatic heterocycles. The molecule has 0 spiro atoms. The Hall–Kier alpha value is -1.84. The number of nitrogens with zero attached hydrogens (tertiary/aromatic N) is 1.